The van der Waals surface area contributed by atoms with Crippen LogP contribution in [-0.2, 0) is 4.74 Å². The monoisotopic (exact) mass is 376 g/mol. The van der Waals surface area contributed by atoms with E-state index >= 15 is 0 Å². The van der Waals surface area contributed by atoms with Gasteiger partial charge in [-0.1, -0.05) is 26.2 Å². The summed E-state index contributed by atoms with van der Waals surface area (Å²) in [6, 6.07) is 0. The third-order valence-electron chi connectivity index (χ3n) is 3.44. The lowest BCUT2D eigenvalue weighted by atomic mass is 9.84. The quantitative estimate of drug-likeness (QED) is 0.390. The van der Waals surface area contributed by atoms with Gasteiger partial charge in [0.1, 0.15) is 0 Å². The lowest BCUT2D eigenvalue weighted by Crippen LogP contribution is -2.55. The summed E-state index contributed by atoms with van der Waals surface area (Å²) in [7, 11) is 0. The predicted octanol–water partition coefficient (Wildman–Crippen LogP) is 5.25. The second kappa shape index (κ2) is 8.17. The van der Waals surface area contributed by atoms with Gasteiger partial charge in [-0.05, 0) is 44.9 Å². The Bertz CT molecular complexity index is 461. The Morgan fingerprint density at radius 3 is 1.72 bits per heavy atom. The number of aliphatic hydroxyl groups is 1. The van der Waals surface area contributed by atoms with Crippen LogP contribution in [0.3, 0.4) is 0 Å². The average molecular weight is 376 g/mol. The molecule has 0 radical (unpaired) electrons. The molecule has 0 heterocycles. The van der Waals surface area contributed by atoms with Gasteiger partial charge in [-0.3, -0.25) is 0 Å². The molecule has 0 bridgehead atoms. The molecule has 8 heteroatoms. The fourth-order valence-corrected chi connectivity index (χ4v) is 1.89. The molecule has 0 amide bonds. The molecule has 0 aromatic rings. The molecule has 1 N–H and O–H groups in total. The molecular formula is C17H26F6O2. The van der Waals surface area contributed by atoms with Crippen molar-refractivity contribution >= 4 is 0 Å². The molecule has 0 aromatic heterocycles. The van der Waals surface area contributed by atoms with Gasteiger partial charge >= 0.3 is 18.0 Å². The SMILES string of the molecule is CC(C)(CC#CC(O)(C(F)(F)F)C(F)(F)F)CCCCOC(C)(C)C. The Morgan fingerprint density at radius 2 is 1.32 bits per heavy atom. The number of ether oxygens (including phenoxy) is 1. The summed E-state index contributed by atoms with van der Waals surface area (Å²) in [5.74, 6) is 2.86. The molecule has 0 aromatic carbocycles. The van der Waals surface area contributed by atoms with Crippen molar-refractivity contribution in [2.24, 2.45) is 5.41 Å². The minimum absolute atomic E-state index is 0.193. The van der Waals surface area contributed by atoms with Gasteiger partial charge in [0.25, 0.3) is 0 Å². The number of rotatable bonds is 6. The van der Waals surface area contributed by atoms with Crippen molar-refractivity contribution in [2.75, 3.05) is 6.61 Å². The minimum atomic E-state index is -5.91. The van der Waals surface area contributed by atoms with Crippen LogP contribution in [0.1, 0.15) is 60.3 Å². The Labute approximate surface area is 144 Å². The van der Waals surface area contributed by atoms with Gasteiger partial charge in [-0.2, -0.15) is 26.3 Å². The minimum Gasteiger partial charge on any atom is -0.376 e. The van der Waals surface area contributed by atoms with Crippen molar-refractivity contribution in [1.29, 1.82) is 0 Å². The van der Waals surface area contributed by atoms with Crippen LogP contribution in [0.2, 0.25) is 0 Å². The van der Waals surface area contributed by atoms with E-state index in [9.17, 15) is 26.3 Å². The van der Waals surface area contributed by atoms with Crippen molar-refractivity contribution in [3.8, 4) is 11.8 Å². The van der Waals surface area contributed by atoms with Gasteiger partial charge < -0.3 is 9.84 Å². The maximum Gasteiger partial charge on any atom is 0.438 e. The van der Waals surface area contributed by atoms with Gasteiger partial charge in [0.05, 0.1) is 5.60 Å². The van der Waals surface area contributed by atoms with Gasteiger partial charge in [0.2, 0.25) is 0 Å². The highest BCUT2D eigenvalue weighted by Gasteiger charge is 2.70. The molecule has 25 heavy (non-hydrogen) atoms. The van der Waals surface area contributed by atoms with Gasteiger partial charge in [-0.25, -0.2) is 0 Å². The van der Waals surface area contributed by atoms with E-state index in [2.05, 4.69) is 0 Å². The van der Waals surface area contributed by atoms with Crippen LogP contribution >= 0.6 is 0 Å². The first kappa shape index (κ1) is 24.1. The van der Waals surface area contributed by atoms with Crippen molar-refractivity contribution < 1.29 is 36.2 Å². The molecule has 148 valence electrons. The molecule has 0 spiro atoms. The third kappa shape index (κ3) is 8.32. The van der Waals surface area contributed by atoms with Crippen molar-refractivity contribution in [3.63, 3.8) is 0 Å². The molecule has 0 atom stereocenters. The third-order valence-corrected chi connectivity index (χ3v) is 3.44. The Kier molecular flexibility index (Phi) is 7.86. The predicted molar refractivity (Wildman–Crippen MR) is 82.8 cm³/mol. The van der Waals surface area contributed by atoms with Crippen LogP contribution in [0.25, 0.3) is 0 Å². The van der Waals surface area contributed by atoms with Gasteiger partial charge in [-0.15, -0.1) is 0 Å². The first-order valence-electron chi connectivity index (χ1n) is 7.91. The molecule has 2 nitrogen and oxygen atoms in total. The van der Waals surface area contributed by atoms with E-state index in [-0.39, 0.29) is 12.0 Å². The smallest absolute Gasteiger partial charge is 0.376 e. The van der Waals surface area contributed by atoms with Crippen LogP contribution in [0.5, 0.6) is 0 Å². The molecule has 0 fully saturated rings. The van der Waals surface area contributed by atoms with E-state index < -0.39 is 23.4 Å². The fraction of sp³-hybridized carbons (Fsp3) is 0.882. The number of halogens is 6. The van der Waals surface area contributed by atoms with E-state index in [1.54, 1.807) is 13.8 Å². The lowest BCUT2D eigenvalue weighted by Gasteiger charge is -2.27. The standard InChI is InChI=1S/C17H26F6O2/c1-13(2,3)25-12-7-6-9-14(4,5)10-8-11-15(24,16(18,19)20)17(21,22)23/h24H,6-7,9-10,12H2,1-5H3. The Balaban J connectivity index is 4.71. The maximum absolute atomic E-state index is 12.5. The largest absolute Gasteiger partial charge is 0.438 e. The van der Waals surface area contributed by atoms with Gasteiger partial charge in [0.15, 0.2) is 0 Å². The maximum atomic E-state index is 12.5. The highest BCUT2D eigenvalue weighted by Crippen LogP contribution is 2.42. The zero-order valence-electron chi connectivity index (χ0n) is 15.2. The molecule has 0 aliphatic heterocycles. The Hall–Kier alpha value is -0.940. The summed E-state index contributed by atoms with van der Waals surface area (Å²) in [5, 5.41) is 8.96. The zero-order chi connectivity index (χ0) is 20.2. The summed E-state index contributed by atoms with van der Waals surface area (Å²) in [6.07, 6.45) is -10.0. The molecule has 0 rings (SSSR count). The van der Waals surface area contributed by atoms with Crippen molar-refractivity contribution in [2.45, 2.75) is 83.9 Å². The zero-order valence-corrected chi connectivity index (χ0v) is 15.2. The lowest BCUT2D eigenvalue weighted by molar-refractivity contribution is -0.343. The van der Waals surface area contributed by atoms with Crippen molar-refractivity contribution in [1.82, 2.24) is 0 Å². The molecule has 0 aliphatic carbocycles. The first-order chi connectivity index (χ1) is 10.9. The fourth-order valence-electron chi connectivity index (χ4n) is 1.89. The molecular weight excluding hydrogens is 350 g/mol. The van der Waals surface area contributed by atoms with E-state index in [0.29, 0.717) is 19.4 Å². The first-order valence-corrected chi connectivity index (χ1v) is 7.91. The summed E-state index contributed by atoms with van der Waals surface area (Å²) >= 11 is 0. The molecule has 0 saturated carbocycles. The van der Waals surface area contributed by atoms with E-state index in [4.69, 9.17) is 9.84 Å². The van der Waals surface area contributed by atoms with Crippen LogP contribution in [0, 0.1) is 17.3 Å². The summed E-state index contributed by atoms with van der Waals surface area (Å²) in [4.78, 5) is 0. The topological polar surface area (TPSA) is 29.5 Å². The summed E-state index contributed by atoms with van der Waals surface area (Å²) in [5.41, 5.74) is -5.84. The van der Waals surface area contributed by atoms with E-state index in [0.717, 1.165) is 12.3 Å². The highest BCUT2D eigenvalue weighted by molar-refractivity contribution is 5.21. The number of hydrogen-bond acceptors (Lipinski definition) is 2. The summed E-state index contributed by atoms with van der Waals surface area (Å²) < 4.78 is 80.6. The summed E-state index contributed by atoms with van der Waals surface area (Å²) in [6.45, 7) is 9.66. The second-order valence-corrected chi connectivity index (χ2v) is 7.77. The van der Waals surface area contributed by atoms with Gasteiger partial charge in [0, 0.05) is 13.0 Å². The molecule has 0 unspecified atom stereocenters. The molecule has 0 aliphatic rings. The van der Waals surface area contributed by atoms with Crippen LogP contribution in [0.4, 0.5) is 26.3 Å². The number of unbranched alkanes of at least 4 members (excludes halogenated alkanes) is 1. The second-order valence-electron chi connectivity index (χ2n) is 7.77. The van der Waals surface area contributed by atoms with Crippen LogP contribution < -0.4 is 0 Å². The number of hydrogen-bond donors (Lipinski definition) is 1. The van der Waals surface area contributed by atoms with E-state index in [1.165, 1.54) is 0 Å². The number of alkyl halides is 6. The van der Waals surface area contributed by atoms with E-state index in [1.807, 2.05) is 26.7 Å². The van der Waals surface area contributed by atoms with Crippen LogP contribution in [-0.4, -0.2) is 35.3 Å². The van der Waals surface area contributed by atoms with Crippen LogP contribution in [0.15, 0.2) is 0 Å². The van der Waals surface area contributed by atoms with Crippen molar-refractivity contribution in [3.05, 3.63) is 0 Å². The highest BCUT2D eigenvalue weighted by atomic mass is 19.4. The molecule has 0 saturated heterocycles. The normalized spacial score (nSPS) is 14.2. The average Bonchev–Trinajstić information content (AvgIpc) is 2.33. The Morgan fingerprint density at radius 1 is 0.840 bits per heavy atom.